The first-order valence-corrected chi connectivity index (χ1v) is 6.92. The summed E-state index contributed by atoms with van der Waals surface area (Å²) < 4.78 is 0. The molecule has 0 nitrogen and oxygen atoms in total. The summed E-state index contributed by atoms with van der Waals surface area (Å²) >= 11 is 0. The Labute approximate surface area is 111 Å². The SMILES string of the molecule is CCc1ccc(C(C)c2ccc(CC)cc2)cc1. The van der Waals surface area contributed by atoms with Crippen molar-refractivity contribution in [1.29, 1.82) is 0 Å². The van der Waals surface area contributed by atoms with Crippen LogP contribution >= 0.6 is 0 Å². The van der Waals surface area contributed by atoms with Crippen molar-refractivity contribution in [2.24, 2.45) is 0 Å². The van der Waals surface area contributed by atoms with Crippen LogP contribution in [0.25, 0.3) is 0 Å². The minimum Gasteiger partial charge on any atom is -0.0613 e. The zero-order chi connectivity index (χ0) is 13.0. The van der Waals surface area contributed by atoms with Gasteiger partial charge < -0.3 is 0 Å². The van der Waals surface area contributed by atoms with Gasteiger partial charge in [-0.1, -0.05) is 69.3 Å². The van der Waals surface area contributed by atoms with Crippen molar-refractivity contribution in [2.45, 2.75) is 39.5 Å². The second kappa shape index (κ2) is 5.86. The summed E-state index contributed by atoms with van der Waals surface area (Å²) in [7, 11) is 0. The summed E-state index contributed by atoms with van der Waals surface area (Å²) in [6, 6.07) is 18.0. The molecular weight excluding hydrogens is 216 g/mol. The van der Waals surface area contributed by atoms with Gasteiger partial charge in [-0.15, -0.1) is 0 Å². The van der Waals surface area contributed by atoms with E-state index >= 15 is 0 Å². The summed E-state index contributed by atoms with van der Waals surface area (Å²) in [5.41, 5.74) is 5.62. The van der Waals surface area contributed by atoms with Crippen LogP contribution in [0.4, 0.5) is 0 Å². The molecule has 0 heterocycles. The molecule has 2 rings (SSSR count). The van der Waals surface area contributed by atoms with E-state index in [1.807, 2.05) is 0 Å². The fourth-order valence-electron chi connectivity index (χ4n) is 2.28. The molecule has 0 spiro atoms. The van der Waals surface area contributed by atoms with Gasteiger partial charge in [0, 0.05) is 5.92 Å². The molecule has 0 atom stereocenters. The molecule has 0 N–H and O–H groups in total. The average Bonchev–Trinajstić information content (AvgIpc) is 2.47. The summed E-state index contributed by atoms with van der Waals surface area (Å²) in [6.45, 7) is 6.67. The molecule has 0 aliphatic carbocycles. The van der Waals surface area contributed by atoms with E-state index in [-0.39, 0.29) is 0 Å². The Morgan fingerprint density at radius 3 is 1.28 bits per heavy atom. The van der Waals surface area contributed by atoms with Crippen molar-refractivity contribution in [3.8, 4) is 0 Å². The molecule has 0 unspecified atom stereocenters. The van der Waals surface area contributed by atoms with Gasteiger partial charge in [0.2, 0.25) is 0 Å². The van der Waals surface area contributed by atoms with Crippen molar-refractivity contribution < 1.29 is 0 Å². The van der Waals surface area contributed by atoms with Crippen molar-refractivity contribution in [3.63, 3.8) is 0 Å². The van der Waals surface area contributed by atoms with Crippen LogP contribution in [0, 0.1) is 0 Å². The van der Waals surface area contributed by atoms with Crippen LogP contribution in [0.15, 0.2) is 48.5 Å². The van der Waals surface area contributed by atoms with Gasteiger partial charge in [-0.3, -0.25) is 0 Å². The highest BCUT2D eigenvalue weighted by Gasteiger charge is 2.07. The van der Waals surface area contributed by atoms with E-state index in [0.29, 0.717) is 5.92 Å². The average molecular weight is 238 g/mol. The molecule has 18 heavy (non-hydrogen) atoms. The fraction of sp³-hybridized carbons (Fsp3) is 0.333. The summed E-state index contributed by atoms with van der Waals surface area (Å²) in [5.74, 6) is 0.474. The van der Waals surface area contributed by atoms with E-state index in [0.717, 1.165) is 12.8 Å². The molecule has 0 bridgehead atoms. The largest absolute Gasteiger partial charge is 0.0613 e. The van der Waals surface area contributed by atoms with Crippen LogP contribution in [0.1, 0.15) is 48.9 Å². The second-order valence-corrected chi connectivity index (χ2v) is 4.91. The van der Waals surface area contributed by atoms with Gasteiger partial charge >= 0.3 is 0 Å². The van der Waals surface area contributed by atoms with E-state index < -0.39 is 0 Å². The van der Waals surface area contributed by atoms with Gasteiger partial charge in [-0.25, -0.2) is 0 Å². The lowest BCUT2D eigenvalue weighted by molar-refractivity contribution is 0.917. The second-order valence-electron chi connectivity index (χ2n) is 4.91. The normalized spacial score (nSPS) is 10.9. The maximum atomic E-state index is 2.28. The Kier molecular flexibility index (Phi) is 4.19. The third-order valence-electron chi connectivity index (χ3n) is 3.78. The van der Waals surface area contributed by atoms with E-state index in [2.05, 4.69) is 69.3 Å². The van der Waals surface area contributed by atoms with Gasteiger partial charge in [0.05, 0.1) is 0 Å². The first-order chi connectivity index (χ1) is 8.74. The van der Waals surface area contributed by atoms with E-state index in [1.54, 1.807) is 0 Å². The molecule has 0 amide bonds. The maximum absolute atomic E-state index is 2.28. The summed E-state index contributed by atoms with van der Waals surface area (Å²) in [4.78, 5) is 0. The molecule has 0 heteroatoms. The summed E-state index contributed by atoms with van der Waals surface area (Å²) in [6.07, 6.45) is 2.22. The molecule has 0 aliphatic rings. The predicted molar refractivity (Wildman–Crippen MR) is 79.2 cm³/mol. The lowest BCUT2D eigenvalue weighted by Crippen LogP contribution is -1.96. The van der Waals surface area contributed by atoms with Crippen LogP contribution in [0.2, 0.25) is 0 Å². The smallest absolute Gasteiger partial charge is 0.00610 e. The first kappa shape index (κ1) is 12.9. The van der Waals surface area contributed by atoms with Crippen LogP contribution in [0.5, 0.6) is 0 Å². The monoisotopic (exact) mass is 238 g/mol. The molecule has 0 radical (unpaired) electrons. The van der Waals surface area contributed by atoms with E-state index in [4.69, 9.17) is 0 Å². The van der Waals surface area contributed by atoms with Gasteiger partial charge in [0.25, 0.3) is 0 Å². The number of benzene rings is 2. The molecular formula is C18H22. The lowest BCUT2D eigenvalue weighted by atomic mass is 9.91. The predicted octanol–water partition coefficient (Wildman–Crippen LogP) is 4.96. The molecule has 0 saturated heterocycles. The third kappa shape index (κ3) is 2.81. The summed E-state index contributed by atoms with van der Waals surface area (Å²) in [5, 5.41) is 0. The Bertz CT molecular complexity index is 429. The molecule has 0 aliphatic heterocycles. The molecule has 2 aromatic carbocycles. The van der Waals surface area contributed by atoms with E-state index in [1.165, 1.54) is 22.3 Å². The standard InChI is InChI=1S/C18H22/c1-4-15-6-10-17(11-7-15)14(3)18-12-8-16(5-2)9-13-18/h6-14H,4-5H2,1-3H3. The van der Waals surface area contributed by atoms with Gasteiger partial charge in [0.15, 0.2) is 0 Å². The van der Waals surface area contributed by atoms with Crippen molar-refractivity contribution in [3.05, 3.63) is 70.8 Å². The fourth-order valence-corrected chi connectivity index (χ4v) is 2.28. The van der Waals surface area contributed by atoms with Crippen molar-refractivity contribution >= 4 is 0 Å². The Balaban J connectivity index is 2.20. The van der Waals surface area contributed by atoms with Crippen LogP contribution < -0.4 is 0 Å². The molecule has 0 fully saturated rings. The lowest BCUT2D eigenvalue weighted by Gasteiger charge is -2.13. The molecule has 2 aromatic rings. The highest BCUT2D eigenvalue weighted by atomic mass is 14.1. The van der Waals surface area contributed by atoms with Gasteiger partial charge in [-0.05, 0) is 35.1 Å². The highest BCUT2D eigenvalue weighted by Crippen LogP contribution is 2.24. The molecule has 0 saturated carbocycles. The van der Waals surface area contributed by atoms with Crippen molar-refractivity contribution in [1.82, 2.24) is 0 Å². The zero-order valence-corrected chi connectivity index (χ0v) is 11.6. The molecule has 94 valence electrons. The number of rotatable bonds is 4. The quantitative estimate of drug-likeness (QED) is 0.706. The van der Waals surface area contributed by atoms with Crippen LogP contribution in [-0.4, -0.2) is 0 Å². The Hall–Kier alpha value is -1.56. The minimum atomic E-state index is 0.474. The number of aryl methyl sites for hydroxylation is 2. The van der Waals surface area contributed by atoms with Crippen LogP contribution in [0.3, 0.4) is 0 Å². The van der Waals surface area contributed by atoms with E-state index in [9.17, 15) is 0 Å². The Morgan fingerprint density at radius 2 is 1.00 bits per heavy atom. The highest BCUT2D eigenvalue weighted by molar-refractivity contribution is 5.34. The van der Waals surface area contributed by atoms with Crippen LogP contribution in [-0.2, 0) is 12.8 Å². The Morgan fingerprint density at radius 1 is 0.667 bits per heavy atom. The minimum absolute atomic E-state index is 0.474. The van der Waals surface area contributed by atoms with Gasteiger partial charge in [-0.2, -0.15) is 0 Å². The number of hydrogen-bond acceptors (Lipinski definition) is 0. The van der Waals surface area contributed by atoms with Gasteiger partial charge in [0.1, 0.15) is 0 Å². The topological polar surface area (TPSA) is 0 Å². The molecule has 0 aromatic heterocycles. The zero-order valence-electron chi connectivity index (χ0n) is 11.6. The first-order valence-electron chi connectivity index (χ1n) is 6.92. The third-order valence-corrected chi connectivity index (χ3v) is 3.78. The number of hydrogen-bond donors (Lipinski definition) is 0. The maximum Gasteiger partial charge on any atom is 0.00610 e. The van der Waals surface area contributed by atoms with Crippen molar-refractivity contribution in [2.75, 3.05) is 0 Å².